The van der Waals surface area contributed by atoms with Crippen LogP contribution in [0.3, 0.4) is 0 Å². The van der Waals surface area contributed by atoms with Crippen molar-refractivity contribution in [3.8, 4) is 0 Å². The van der Waals surface area contributed by atoms with Crippen LogP contribution in [0.4, 0.5) is 0 Å². The Labute approximate surface area is 143 Å². The average molecular weight is 392 g/mol. The maximum Gasteiger partial charge on any atom is 0.101 e. The molecular weight excluding hydrogens is 371 g/mol. The van der Waals surface area contributed by atoms with Gasteiger partial charge in [0.15, 0.2) is 0 Å². The van der Waals surface area contributed by atoms with Crippen molar-refractivity contribution in [2.24, 2.45) is 4.99 Å². The first-order chi connectivity index (χ1) is 9.92. The molecule has 0 saturated heterocycles. The molecule has 0 amide bonds. The molecule has 21 heavy (non-hydrogen) atoms. The highest BCUT2D eigenvalue weighted by molar-refractivity contribution is 14.0. The molecule has 1 aliphatic rings. The van der Waals surface area contributed by atoms with Gasteiger partial charge in [-0.25, -0.2) is 0 Å². The van der Waals surface area contributed by atoms with E-state index in [0.29, 0.717) is 0 Å². The summed E-state index contributed by atoms with van der Waals surface area (Å²) in [4.78, 5) is 4.67. The molecule has 0 aromatic heterocycles. The van der Waals surface area contributed by atoms with Gasteiger partial charge >= 0.3 is 0 Å². The summed E-state index contributed by atoms with van der Waals surface area (Å²) in [5.41, 5.74) is 4.22. The Hall–Kier alpha value is -1.36. The normalized spacial score (nSPS) is 13.4. The van der Waals surface area contributed by atoms with E-state index in [1.54, 1.807) is 0 Å². The fraction of sp³-hybridized carbons (Fsp3) is 0.278. The summed E-state index contributed by atoms with van der Waals surface area (Å²) in [6.07, 6.45) is 3.03. The smallest absolute Gasteiger partial charge is 0.101 e. The predicted octanol–water partition coefficient (Wildman–Crippen LogP) is 3.63. The van der Waals surface area contributed by atoms with Crippen LogP contribution >= 0.6 is 24.0 Å². The summed E-state index contributed by atoms with van der Waals surface area (Å²) >= 11 is 0. The van der Waals surface area contributed by atoms with Crippen molar-refractivity contribution in [1.82, 2.24) is 5.32 Å². The summed E-state index contributed by atoms with van der Waals surface area (Å²) in [7, 11) is 0. The van der Waals surface area contributed by atoms with Gasteiger partial charge in [-0.15, -0.1) is 24.0 Å². The van der Waals surface area contributed by atoms with Crippen LogP contribution in [0.15, 0.2) is 59.6 Å². The van der Waals surface area contributed by atoms with Gasteiger partial charge in [0.05, 0.1) is 0 Å². The summed E-state index contributed by atoms with van der Waals surface area (Å²) < 4.78 is 0. The number of hydrogen-bond donors (Lipinski definition) is 1. The van der Waals surface area contributed by atoms with Crippen LogP contribution in [0.25, 0.3) is 0 Å². The SMILES string of the molecule is I.c1ccc(CCNC2=NCCc3ccccc3C2)cc1. The first-order valence-corrected chi connectivity index (χ1v) is 7.30. The number of hydrogen-bond acceptors (Lipinski definition) is 2. The minimum atomic E-state index is 0. The van der Waals surface area contributed by atoms with Gasteiger partial charge < -0.3 is 5.32 Å². The number of nitrogens with one attached hydrogen (secondary N) is 1. The van der Waals surface area contributed by atoms with Gasteiger partial charge in [0.25, 0.3) is 0 Å². The average Bonchev–Trinajstić information content (AvgIpc) is 2.70. The van der Waals surface area contributed by atoms with Crippen molar-refractivity contribution in [3.63, 3.8) is 0 Å². The fourth-order valence-corrected chi connectivity index (χ4v) is 2.64. The number of aliphatic imine (C=N–C) groups is 1. The second kappa shape index (κ2) is 8.17. The van der Waals surface area contributed by atoms with Crippen molar-refractivity contribution in [2.75, 3.05) is 13.1 Å². The topological polar surface area (TPSA) is 24.4 Å². The van der Waals surface area contributed by atoms with Gasteiger partial charge in [-0.05, 0) is 29.5 Å². The first-order valence-electron chi connectivity index (χ1n) is 7.30. The lowest BCUT2D eigenvalue weighted by molar-refractivity contribution is 0.846. The van der Waals surface area contributed by atoms with E-state index >= 15 is 0 Å². The van der Waals surface area contributed by atoms with Crippen molar-refractivity contribution in [2.45, 2.75) is 19.3 Å². The lowest BCUT2D eigenvalue weighted by Crippen LogP contribution is -2.27. The molecule has 2 nitrogen and oxygen atoms in total. The first kappa shape index (κ1) is 16.0. The van der Waals surface area contributed by atoms with E-state index in [1.807, 2.05) is 0 Å². The molecule has 0 saturated carbocycles. The Morgan fingerprint density at radius 3 is 2.43 bits per heavy atom. The Morgan fingerprint density at radius 2 is 1.62 bits per heavy atom. The molecule has 110 valence electrons. The summed E-state index contributed by atoms with van der Waals surface area (Å²) in [6, 6.07) is 19.3. The third kappa shape index (κ3) is 4.56. The zero-order valence-electron chi connectivity index (χ0n) is 12.1. The molecule has 3 heteroatoms. The van der Waals surface area contributed by atoms with Crippen LogP contribution in [0.5, 0.6) is 0 Å². The Morgan fingerprint density at radius 1 is 0.905 bits per heavy atom. The van der Waals surface area contributed by atoms with E-state index in [4.69, 9.17) is 0 Å². The summed E-state index contributed by atoms with van der Waals surface area (Å²) in [5.74, 6) is 1.13. The van der Waals surface area contributed by atoms with Gasteiger partial charge in [-0.3, -0.25) is 4.99 Å². The standard InChI is InChI=1S/C18H20N2.HI/c1-2-6-15(7-3-1)10-12-19-18-14-17-9-5-4-8-16(17)11-13-20-18;/h1-9H,10-14H2,(H,19,20);1H. The van der Waals surface area contributed by atoms with E-state index in [1.165, 1.54) is 16.7 Å². The monoisotopic (exact) mass is 392 g/mol. The van der Waals surface area contributed by atoms with Crippen LogP contribution in [0.1, 0.15) is 16.7 Å². The van der Waals surface area contributed by atoms with E-state index in [0.717, 1.165) is 38.2 Å². The molecule has 1 heterocycles. The predicted molar refractivity (Wildman–Crippen MR) is 99.7 cm³/mol. The second-order valence-corrected chi connectivity index (χ2v) is 5.19. The van der Waals surface area contributed by atoms with Crippen molar-refractivity contribution in [1.29, 1.82) is 0 Å². The lowest BCUT2D eigenvalue weighted by atomic mass is 10.0. The Kier molecular flexibility index (Phi) is 6.23. The molecule has 0 spiro atoms. The van der Waals surface area contributed by atoms with Crippen molar-refractivity contribution >= 4 is 29.8 Å². The van der Waals surface area contributed by atoms with Crippen molar-refractivity contribution in [3.05, 3.63) is 71.3 Å². The number of amidine groups is 1. The molecule has 0 bridgehead atoms. The van der Waals surface area contributed by atoms with Crippen LogP contribution in [-0.2, 0) is 19.3 Å². The molecule has 0 radical (unpaired) electrons. The number of rotatable bonds is 3. The molecule has 0 atom stereocenters. The lowest BCUT2D eigenvalue weighted by Gasteiger charge is -2.09. The number of fused-ring (bicyclic) bond motifs is 1. The second-order valence-electron chi connectivity index (χ2n) is 5.19. The molecule has 1 N–H and O–H groups in total. The Balaban J connectivity index is 0.00000161. The minimum absolute atomic E-state index is 0. The molecule has 0 fully saturated rings. The zero-order valence-corrected chi connectivity index (χ0v) is 14.4. The maximum atomic E-state index is 4.67. The molecule has 1 aliphatic heterocycles. The third-order valence-corrected chi connectivity index (χ3v) is 3.75. The highest BCUT2D eigenvalue weighted by Gasteiger charge is 2.09. The summed E-state index contributed by atoms with van der Waals surface area (Å²) in [5, 5.41) is 3.50. The van der Waals surface area contributed by atoms with Crippen LogP contribution < -0.4 is 5.32 Å². The number of nitrogens with zero attached hydrogens (tertiary/aromatic N) is 1. The molecule has 3 rings (SSSR count). The van der Waals surface area contributed by atoms with Gasteiger partial charge in [0.1, 0.15) is 5.84 Å². The minimum Gasteiger partial charge on any atom is -0.373 e. The van der Waals surface area contributed by atoms with Crippen LogP contribution in [-0.4, -0.2) is 18.9 Å². The zero-order chi connectivity index (χ0) is 13.6. The number of benzene rings is 2. The van der Waals surface area contributed by atoms with Crippen LogP contribution in [0.2, 0.25) is 0 Å². The van der Waals surface area contributed by atoms with Crippen molar-refractivity contribution < 1.29 is 0 Å². The highest BCUT2D eigenvalue weighted by atomic mass is 127. The van der Waals surface area contributed by atoms with E-state index in [9.17, 15) is 0 Å². The quantitative estimate of drug-likeness (QED) is 0.793. The summed E-state index contributed by atoms with van der Waals surface area (Å²) in [6.45, 7) is 1.84. The van der Waals surface area contributed by atoms with Gasteiger partial charge in [0.2, 0.25) is 0 Å². The van der Waals surface area contributed by atoms with Gasteiger partial charge in [0, 0.05) is 19.5 Å². The molecular formula is C18H21IN2. The third-order valence-electron chi connectivity index (χ3n) is 3.75. The largest absolute Gasteiger partial charge is 0.373 e. The fourth-order valence-electron chi connectivity index (χ4n) is 2.64. The van der Waals surface area contributed by atoms with Crippen LogP contribution in [0, 0.1) is 0 Å². The van der Waals surface area contributed by atoms with E-state index in [2.05, 4.69) is 64.9 Å². The Bertz CT molecular complexity index is 593. The molecule has 0 unspecified atom stereocenters. The number of halogens is 1. The van der Waals surface area contributed by atoms with Gasteiger partial charge in [-0.1, -0.05) is 54.6 Å². The maximum absolute atomic E-state index is 4.67. The van der Waals surface area contributed by atoms with Gasteiger partial charge in [-0.2, -0.15) is 0 Å². The highest BCUT2D eigenvalue weighted by Crippen LogP contribution is 2.13. The molecule has 2 aromatic carbocycles. The van der Waals surface area contributed by atoms with E-state index in [-0.39, 0.29) is 24.0 Å². The molecule has 0 aliphatic carbocycles. The molecule has 2 aromatic rings. The van der Waals surface area contributed by atoms with E-state index < -0.39 is 0 Å².